The highest BCUT2D eigenvalue weighted by molar-refractivity contribution is 5.80. The second-order valence-electron chi connectivity index (χ2n) is 6.22. The predicted octanol–water partition coefficient (Wildman–Crippen LogP) is 3.70. The number of benzene rings is 2. The van der Waals surface area contributed by atoms with Gasteiger partial charge in [0, 0.05) is 17.0 Å². The van der Waals surface area contributed by atoms with Crippen LogP contribution >= 0.6 is 0 Å². The summed E-state index contributed by atoms with van der Waals surface area (Å²) in [5.41, 5.74) is 2.58. The largest absolute Gasteiger partial charge is 0.493 e. The van der Waals surface area contributed by atoms with Gasteiger partial charge < -0.3 is 24.3 Å². The molecule has 0 aliphatic rings. The molecule has 3 aromatic rings. The maximum absolute atomic E-state index is 10.9. The molecule has 2 atom stereocenters. The Balaban J connectivity index is 1.79. The van der Waals surface area contributed by atoms with Crippen molar-refractivity contribution in [3.05, 3.63) is 59.9 Å². The van der Waals surface area contributed by atoms with E-state index in [1.165, 1.54) is 0 Å². The van der Waals surface area contributed by atoms with Gasteiger partial charge in [-0.1, -0.05) is 30.3 Å². The van der Waals surface area contributed by atoms with Gasteiger partial charge in [0.05, 0.1) is 26.6 Å². The molecule has 5 nitrogen and oxygen atoms in total. The summed E-state index contributed by atoms with van der Waals surface area (Å²) in [4.78, 5) is 0. The molecule has 5 heteroatoms. The number of aliphatic hydroxyl groups excluding tert-OH is 1. The molecule has 2 unspecified atom stereocenters. The number of furan rings is 1. The van der Waals surface area contributed by atoms with Crippen molar-refractivity contribution in [3.8, 4) is 11.5 Å². The van der Waals surface area contributed by atoms with E-state index in [0.29, 0.717) is 5.75 Å². The van der Waals surface area contributed by atoms with E-state index in [1.807, 2.05) is 49.5 Å². The quantitative estimate of drug-likeness (QED) is 0.645. The third kappa shape index (κ3) is 3.54. The van der Waals surface area contributed by atoms with Gasteiger partial charge in [-0.2, -0.15) is 0 Å². The number of rotatable bonds is 8. The Kier molecular flexibility index (Phi) is 5.81. The topological polar surface area (TPSA) is 63.9 Å². The van der Waals surface area contributed by atoms with Crippen LogP contribution in [0.2, 0.25) is 0 Å². The van der Waals surface area contributed by atoms with Crippen LogP contribution in [-0.4, -0.2) is 32.4 Å². The summed E-state index contributed by atoms with van der Waals surface area (Å²) >= 11 is 0. The highest BCUT2D eigenvalue weighted by Gasteiger charge is 2.23. The zero-order valence-electron chi connectivity index (χ0n) is 15.4. The first-order chi connectivity index (χ1) is 12.7. The fraction of sp³-hybridized carbons (Fsp3) is 0.333. The van der Waals surface area contributed by atoms with Crippen molar-refractivity contribution in [1.29, 1.82) is 0 Å². The van der Waals surface area contributed by atoms with Crippen LogP contribution in [0.4, 0.5) is 0 Å². The molecule has 26 heavy (non-hydrogen) atoms. The maximum atomic E-state index is 10.9. The van der Waals surface area contributed by atoms with E-state index in [-0.39, 0.29) is 6.04 Å². The summed E-state index contributed by atoms with van der Waals surface area (Å²) in [5, 5.41) is 15.1. The second-order valence-corrected chi connectivity index (χ2v) is 6.22. The molecule has 0 saturated heterocycles. The fourth-order valence-corrected chi connectivity index (χ4v) is 3.39. The van der Waals surface area contributed by atoms with E-state index in [2.05, 4.69) is 5.32 Å². The van der Waals surface area contributed by atoms with Crippen molar-refractivity contribution in [2.24, 2.45) is 0 Å². The molecular formula is C21H25NO4. The summed E-state index contributed by atoms with van der Waals surface area (Å²) < 4.78 is 16.4. The van der Waals surface area contributed by atoms with E-state index in [0.717, 1.165) is 40.7 Å². The summed E-state index contributed by atoms with van der Waals surface area (Å²) in [6.07, 6.45) is 2.46. The van der Waals surface area contributed by atoms with Crippen LogP contribution in [-0.2, 0) is 6.42 Å². The SMILES string of the molecule is CNC(CCc1cccc(OC)c1OC)C(O)c1cccc2ccoc12. The number of ether oxygens (including phenoxy) is 2. The van der Waals surface area contributed by atoms with Gasteiger partial charge in [-0.3, -0.25) is 0 Å². The molecule has 0 bridgehead atoms. The van der Waals surface area contributed by atoms with E-state index in [4.69, 9.17) is 13.9 Å². The number of likely N-dealkylation sites (N-methyl/N-ethyl adjacent to an activating group) is 1. The monoisotopic (exact) mass is 355 g/mol. The number of hydrogen-bond donors (Lipinski definition) is 2. The summed E-state index contributed by atoms with van der Waals surface area (Å²) in [5.74, 6) is 1.46. The van der Waals surface area contributed by atoms with Crippen LogP contribution in [0.25, 0.3) is 11.0 Å². The first kappa shape index (κ1) is 18.3. The third-order valence-electron chi connectivity index (χ3n) is 4.79. The summed E-state index contributed by atoms with van der Waals surface area (Å²) in [6.45, 7) is 0. The zero-order valence-corrected chi connectivity index (χ0v) is 15.4. The molecule has 0 aliphatic carbocycles. The van der Waals surface area contributed by atoms with E-state index in [9.17, 15) is 5.11 Å². The molecule has 1 heterocycles. The lowest BCUT2D eigenvalue weighted by Gasteiger charge is -2.23. The molecule has 0 fully saturated rings. The van der Waals surface area contributed by atoms with E-state index in [1.54, 1.807) is 20.5 Å². The van der Waals surface area contributed by atoms with E-state index >= 15 is 0 Å². The number of nitrogens with one attached hydrogen (secondary N) is 1. The van der Waals surface area contributed by atoms with Gasteiger partial charge in [-0.25, -0.2) is 0 Å². The highest BCUT2D eigenvalue weighted by Crippen LogP contribution is 2.33. The normalized spacial score (nSPS) is 13.5. The minimum Gasteiger partial charge on any atom is -0.493 e. The molecule has 0 spiro atoms. The molecule has 3 rings (SSSR count). The molecular weight excluding hydrogens is 330 g/mol. The lowest BCUT2D eigenvalue weighted by molar-refractivity contribution is 0.128. The van der Waals surface area contributed by atoms with Crippen molar-refractivity contribution >= 4 is 11.0 Å². The number of aliphatic hydroxyl groups is 1. The van der Waals surface area contributed by atoms with Crippen LogP contribution in [0.1, 0.15) is 23.7 Å². The van der Waals surface area contributed by atoms with Gasteiger partial charge >= 0.3 is 0 Å². The first-order valence-electron chi connectivity index (χ1n) is 8.71. The molecule has 2 N–H and O–H groups in total. The molecule has 1 aromatic heterocycles. The lowest BCUT2D eigenvalue weighted by atomic mass is 9.95. The smallest absolute Gasteiger partial charge is 0.163 e. The lowest BCUT2D eigenvalue weighted by Crippen LogP contribution is -2.32. The molecule has 0 amide bonds. The van der Waals surface area contributed by atoms with Crippen molar-refractivity contribution < 1.29 is 19.0 Å². The van der Waals surface area contributed by atoms with Crippen LogP contribution in [0.3, 0.4) is 0 Å². The minimum atomic E-state index is -0.675. The molecule has 138 valence electrons. The second kappa shape index (κ2) is 8.25. The van der Waals surface area contributed by atoms with E-state index < -0.39 is 6.10 Å². The highest BCUT2D eigenvalue weighted by atomic mass is 16.5. The Morgan fingerprint density at radius 2 is 1.88 bits per heavy atom. The Morgan fingerprint density at radius 1 is 1.08 bits per heavy atom. The standard InChI is InChI=1S/C21H25NO4/c1-22-17(11-10-14-7-5-9-18(24-2)21(14)25-3)19(23)16-8-4-6-15-12-13-26-20(15)16/h4-9,12-13,17,19,22-23H,10-11H2,1-3H3. The Morgan fingerprint density at radius 3 is 2.62 bits per heavy atom. The average molecular weight is 355 g/mol. The van der Waals surface area contributed by atoms with Gasteiger partial charge in [0.1, 0.15) is 5.58 Å². The van der Waals surface area contributed by atoms with Crippen molar-refractivity contribution in [2.45, 2.75) is 25.0 Å². The van der Waals surface area contributed by atoms with Crippen molar-refractivity contribution in [2.75, 3.05) is 21.3 Å². The summed E-state index contributed by atoms with van der Waals surface area (Å²) in [6, 6.07) is 13.5. The van der Waals surface area contributed by atoms with Crippen LogP contribution in [0.5, 0.6) is 11.5 Å². The predicted molar refractivity (Wildman–Crippen MR) is 102 cm³/mol. The maximum Gasteiger partial charge on any atom is 0.163 e. The first-order valence-corrected chi connectivity index (χ1v) is 8.71. The fourth-order valence-electron chi connectivity index (χ4n) is 3.39. The number of para-hydroxylation sites is 2. The van der Waals surface area contributed by atoms with Crippen LogP contribution in [0.15, 0.2) is 53.1 Å². The Hall–Kier alpha value is -2.50. The Labute approximate surface area is 153 Å². The molecule has 0 saturated carbocycles. The number of fused-ring (bicyclic) bond motifs is 1. The van der Waals surface area contributed by atoms with Crippen LogP contribution in [0, 0.1) is 0 Å². The molecule has 2 aromatic carbocycles. The molecule has 0 radical (unpaired) electrons. The average Bonchev–Trinajstić information content (AvgIpc) is 3.16. The minimum absolute atomic E-state index is 0.124. The molecule has 0 aliphatic heterocycles. The van der Waals surface area contributed by atoms with Gasteiger partial charge in [0.15, 0.2) is 11.5 Å². The Bertz CT molecular complexity index is 858. The van der Waals surface area contributed by atoms with Crippen molar-refractivity contribution in [3.63, 3.8) is 0 Å². The van der Waals surface area contributed by atoms with Gasteiger partial charge in [-0.15, -0.1) is 0 Å². The van der Waals surface area contributed by atoms with Gasteiger partial charge in [0.2, 0.25) is 0 Å². The number of aryl methyl sites for hydroxylation is 1. The van der Waals surface area contributed by atoms with Gasteiger partial charge in [-0.05, 0) is 37.6 Å². The summed E-state index contributed by atoms with van der Waals surface area (Å²) in [7, 11) is 5.13. The van der Waals surface area contributed by atoms with Crippen molar-refractivity contribution in [1.82, 2.24) is 5.32 Å². The van der Waals surface area contributed by atoms with Gasteiger partial charge in [0.25, 0.3) is 0 Å². The third-order valence-corrected chi connectivity index (χ3v) is 4.79. The zero-order chi connectivity index (χ0) is 18.5. The van der Waals surface area contributed by atoms with Crippen LogP contribution < -0.4 is 14.8 Å². The number of hydrogen-bond acceptors (Lipinski definition) is 5. The number of methoxy groups -OCH3 is 2.